The lowest BCUT2D eigenvalue weighted by Crippen LogP contribution is -2.55. The number of carbonyl (C=O) groups is 1. The van der Waals surface area contributed by atoms with Crippen molar-refractivity contribution < 1.29 is 9.21 Å². The summed E-state index contributed by atoms with van der Waals surface area (Å²) in [4.78, 5) is 14.9. The van der Waals surface area contributed by atoms with Gasteiger partial charge in [-0.05, 0) is 45.4 Å². The van der Waals surface area contributed by atoms with Gasteiger partial charge in [-0.2, -0.15) is 0 Å². The van der Waals surface area contributed by atoms with E-state index in [4.69, 9.17) is 4.42 Å². The third kappa shape index (κ3) is 3.42. The van der Waals surface area contributed by atoms with Gasteiger partial charge in [-0.15, -0.1) is 0 Å². The molecule has 1 heterocycles. The fourth-order valence-electron chi connectivity index (χ4n) is 3.03. The van der Waals surface area contributed by atoms with Crippen LogP contribution in [0.5, 0.6) is 0 Å². The molecule has 112 valence electrons. The molecule has 0 unspecified atom stereocenters. The van der Waals surface area contributed by atoms with Gasteiger partial charge in [0, 0.05) is 6.04 Å². The molecule has 1 aromatic rings. The molecule has 1 fully saturated rings. The van der Waals surface area contributed by atoms with E-state index in [1.165, 1.54) is 12.8 Å². The number of likely N-dealkylation sites (N-methyl/N-ethyl adjacent to an activating group) is 1. The monoisotopic (exact) mass is 278 g/mol. The Bertz CT molecular complexity index is 420. The van der Waals surface area contributed by atoms with Gasteiger partial charge in [-0.25, -0.2) is 0 Å². The van der Waals surface area contributed by atoms with Crippen LogP contribution < -0.4 is 5.32 Å². The Labute approximate surface area is 121 Å². The summed E-state index contributed by atoms with van der Waals surface area (Å²) in [5.74, 6) is 1.03. The Morgan fingerprint density at radius 2 is 2.15 bits per heavy atom. The van der Waals surface area contributed by atoms with Crippen molar-refractivity contribution in [3.8, 4) is 0 Å². The summed E-state index contributed by atoms with van der Waals surface area (Å²) < 4.78 is 5.43. The van der Waals surface area contributed by atoms with E-state index in [9.17, 15) is 4.79 Å². The molecule has 0 saturated heterocycles. The zero-order chi connectivity index (χ0) is 14.6. The maximum absolute atomic E-state index is 12.9. The van der Waals surface area contributed by atoms with Crippen molar-refractivity contribution in [3.05, 3.63) is 24.2 Å². The molecule has 1 aliphatic rings. The van der Waals surface area contributed by atoms with Crippen LogP contribution in [0.3, 0.4) is 0 Å². The van der Waals surface area contributed by atoms with Crippen molar-refractivity contribution in [2.45, 2.75) is 64.6 Å². The van der Waals surface area contributed by atoms with Crippen LogP contribution in [0.4, 0.5) is 0 Å². The van der Waals surface area contributed by atoms with Gasteiger partial charge in [0.15, 0.2) is 0 Å². The van der Waals surface area contributed by atoms with E-state index in [2.05, 4.69) is 5.32 Å². The topological polar surface area (TPSA) is 45.5 Å². The molecular weight excluding hydrogens is 252 g/mol. The molecule has 4 heteroatoms. The molecule has 0 atom stereocenters. The third-order valence-electron chi connectivity index (χ3n) is 4.09. The number of amides is 1. The molecule has 20 heavy (non-hydrogen) atoms. The van der Waals surface area contributed by atoms with Crippen molar-refractivity contribution >= 4 is 5.91 Å². The van der Waals surface area contributed by atoms with Gasteiger partial charge < -0.3 is 14.6 Å². The van der Waals surface area contributed by atoms with E-state index in [-0.39, 0.29) is 5.91 Å². The summed E-state index contributed by atoms with van der Waals surface area (Å²) in [6, 6.07) is 4.17. The van der Waals surface area contributed by atoms with Crippen LogP contribution in [0, 0.1) is 0 Å². The Kier molecular flexibility index (Phi) is 4.86. The van der Waals surface area contributed by atoms with Gasteiger partial charge >= 0.3 is 0 Å². The standard InChI is InChI=1S/C16H26N2O2/c1-4-17-16(2,3)15(19)18(13-8-5-6-9-13)12-14-10-7-11-20-14/h7,10-11,13,17H,4-6,8-9,12H2,1-3H3. The van der Waals surface area contributed by atoms with Crippen molar-refractivity contribution in [1.82, 2.24) is 10.2 Å². The SMILES string of the molecule is CCNC(C)(C)C(=O)N(Cc1ccco1)C1CCCC1. The lowest BCUT2D eigenvalue weighted by Gasteiger charge is -2.36. The summed E-state index contributed by atoms with van der Waals surface area (Å²) in [5, 5.41) is 3.28. The van der Waals surface area contributed by atoms with Crippen molar-refractivity contribution in [3.63, 3.8) is 0 Å². The van der Waals surface area contributed by atoms with Crippen LogP contribution in [-0.2, 0) is 11.3 Å². The number of rotatable bonds is 6. The summed E-state index contributed by atoms with van der Waals surface area (Å²) in [6.45, 7) is 7.32. The number of carbonyl (C=O) groups excluding carboxylic acids is 1. The third-order valence-corrected chi connectivity index (χ3v) is 4.09. The minimum Gasteiger partial charge on any atom is -0.467 e. The molecule has 0 bridgehead atoms. The molecule has 2 rings (SSSR count). The fraction of sp³-hybridized carbons (Fsp3) is 0.688. The molecule has 1 N–H and O–H groups in total. The number of furan rings is 1. The molecule has 0 aromatic carbocycles. The lowest BCUT2D eigenvalue weighted by atomic mass is 10.0. The highest BCUT2D eigenvalue weighted by atomic mass is 16.3. The van der Waals surface area contributed by atoms with Crippen molar-refractivity contribution in [2.75, 3.05) is 6.54 Å². The highest BCUT2D eigenvalue weighted by molar-refractivity contribution is 5.85. The van der Waals surface area contributed by atoms with Gasteiger partial charge in [0.1, 0.15) is 5.76 Å². The number of hydrogen-bond acceptors (Lipinski definition) is 3. The van der Waals surface area contributed by atoms with E-state index in [0.29, 0.717) is 12.6 Å². The molecule has 4 nitrogen and oxygen atoms in total. The Morgan fingerprint density at radius 1 is 1.45 bits per heavy atom. The summed E-state index contributed by atoms with van der Waals surface area (Å²) in [5.41, 5.74) is -0.524. The molecule has 0 radical (unpaired) electrons. The fourth-order valence-corrected chi connectivity index (χ4v) is 3.03. The Hall–Kier alpha value is -1.29. The minimum atomic E-state index is -0.524. The zero-order valence-electron chi connectivity index (χ0n) is 12.8. The highest BCUT2D eigenvalue weighted by Crippen LogP contribution is 2.27. The van der Waals surface area contributed by atoms with Crippen molar-refractivity contribution in [1.29, 1.82) is 0 Å². The average molecular weight is 278 g/mol. The zero-order valence-corrected chi connectivity index (χ0v) is 12.8. The first-order valence-corrected chi connectivity index (χ1v) is 7.63. The first-order valence-electron chi connectivity index (χ1n) is 7.63. The van der Waals surface area contributed by atoms with Crippen LogP contribution in [0.1, 0.15) is 52.2 Å². The Balaban J connectivity index is 2.14. The van der Waals surface area contributed by atoms with Crippen LogP contribution in [-0.4, -0.2) is 28.9 Å². The summed E-state index contributed by atoms with van der Waals surface area (Å²) >= 11 is 0. The number of nitrogens with one attached hydrogen (secondary N) is 1. The summed E-state index contributed by atoms with van der Waals surface area (Å²) in [6.07, 6.45) is 6.31. The quantitative estimate of drug-likeness (QED) is 0.870. The van der Waals surface area contributed by atoms with Gasteiger partial charge in [0.2, 0.25) is 5.91 Å². The van der Waals surface area contributed by atoms with Gasteiger partial charge in [-0.3, -0.25) is 4.79 Å². The van der Waals surface area contributed by atoms with E-state index < -0.39 is 5.54 Å². The van der Waals surface area contributed by atoms with E-state index in [0.717, 1.165) is 25.1 Å². The first-order chi connectivity index (χ1) is 9.54. The molecule has 1 aromatic heterocycles. The van der Waals surface area contributed by atoms with E-state index >= 15 is 0 Å². The van der Waals surface area contributed by atoms with Gasteiger partial charge in [-0.1, -0.05) is 19.8 Å². The van der Waals surface area contributed by atoms with Crippen LogP contribution in [0.2, 0.25) is 0 Å². The second-order valence-corrected chi connectivity index (χ2v) is 6.11. The predicted molar refractivity (Wildman–Crippen MR) is 79.3 cm³/mol. The van der Waals surface area contributed by atoms with Crippen molar-refractivity contribution in [2.24, 2.45) is 0 Å². The summed E-state index contributed by atoms with van der Waals surface area (Å²) in [7, 11) is 0. The lowest BCUT2D eigenvalue weighted by molar-refractivity contribution is -0.140. The normalized spacial score (nSPS) is 16.6. The second kappa shape index (κ2) is 6.44. The minimum absolute atomic E-state index is 0.169. The van der Waals surface area contributed by atoms with Gasteiger partial charge in [0.25, 0.3) is 0 Å². The average Bonchev–Trinajstić information content (AvgIpc) is 3.08. The molecular formula is C16H26N2O2. The maximum atomic E-state index is 12.9. The van der Waals surface area contributed by atoms with Crippen LogP contribution in [0.25, 0.3) is 0 Å². The van der Waals surface area contributed by atoms with E-state index in [1.807, 2.05) is 37.8 Å². The largest absolute Gasteiger partial charge is 0.467 e. The maximum Gasteiger partial charge on any atom is 0.242 e. The number of nitrogens with zero attached hydrogens (tertiary/aromatic N) is 1. The molecule has 1 aliphatic carbocycles. The van der Waals surface area contributed by atoms with Crippen LogP contribution >= 0.6 is 0 Å². The smallest absolute Gasteiger partial charge is 0.242 e. The van der Waals surface area contributed by atoms with E-state index in [1.54, 1.807) is 6.26 Å². The molecule has 0 aliphatic heterocycles. The first kappa shape index (κ1) is 15.1. The Morgan fingerprint density at radius 3 is 2.70 bits per heavy atom. The van der Waals surface area contributed by atoms with Gasteiger partial charge in [0.05, 0.1) is 18.3 Å². The molecule has 0 spiro atoms. The molecule has 1 amide bonds. The highest BCUT2D eigenvalue weighted by Gasteiger charge is 2.36. The van der Waals surface area contributed by atoms with Crippen LogP contribution in [0.15, 0.2) is 22.8 Å². The molecule has 1 saturated carbocycles. The predicted octanol–water partition coefficient (Wildman–Crippen LogP) is 2.94. The second-order valence-electron chi connectivity index (χ2n) is 6.11. The number of hydrogen-bond donors (Lipinski definition) is 1.